The molecule has 5 heteroatoms. The summed E-state index contributed by atoms with van der Waals surface area (Å²) in [5.74, 6) is -1.83. The molecule has 1 aromatic rings. The zero-order valence-corrected chi connectivity index (χ0v) is 13.7. The van der Waals surface area contributed by atoms with Crippen molar-refractivity contribution in [3.05, 3.63) is 33.8 Å². The van der Waals surface area contributed by atoms with Crippen molar-refractivity contribution < 1.29 is 19.4 Å². The van der Waals surface area contributed by atoms with E-state index in [1.165, 1.54) is 12.1 Å². The predicted molar refractivity (Wildman–Crippen MR) is 82.1 cm³/mol. The Morgan fingerprint density at radius 2 is 1.86 bits per heavy atom. The molecule has 0 heterocycles. The minimum absolute atomic E-state index is 0.0131. The number of carbonyl (C=O) groups excluding carboxylic acids is 1. The lowest BCUT2D eigenvalue weighted by Gasteiger charge is -2.29. The molecule has 0 spiro atoms. The summed E-state index contributed by atoms with van der Waals surface area (Å²) in [6, 6.07) is 2.75. The fraction of sp³-hybridized carbons (Fsp3) is 0.500. The second kappa shape index (κ2) is 6.48. The molecular weight excluding hydrogens is 292 g/mol. The number of aromatic carboxylic acids is 1. The summed E-state index contributed by atoms with van der Waals surface area (Å²) < 4.78 is 5.47. The molecule has 1 N–H and O–H groups in total. The molecule has 0 fully saturated rings. The smallest absolute Gasteiger partial charge is 0.339 e. The standard InChI is InChI=1S/C16H21ClO4/c1-6-13(16(3,4)5)21-15(20)11-8-12(17)9(2)7-10(11)14(18)19/h7-8,13H,6H2,1-5H3,(H,18,19). The van der Waals surface area contributed by atoms with Crippen LogP contribution in [0.1, 0.15) is 60.4 Å². The van der Waals surface area contributed by atoms with Crippen LogP contribution >= 0.6 is 11.6 Å². The first kappa shape index (κ1) is 17.5. The van der Waals surface area contributed by atoms with Gasteiger partial charge in [0.1, 0.15) is 6.10 Å². The van der Waals surface area contributed by atoms with Gasteiger partial charge in [-0.25, -0.2) is 9.59 Å². The van der Waals surface area contributed by atoms with Crippen LogP contribution in [-0.4, -0.2) is 23.1 Å². The molecule has 1 rings (SSSR count). The highest BCUT2D eigenvalue weighted by molar-refractivity contribution is 6.32. The van der Waals surface area contributed by atoms with Crippen molar-refractivity contribution in [2.24, 2.45) is 5.41 Å². The van der Waals surface area contributed by atoms with Gasteiger partial charge in [0.05, 0.1) is 11.1 Å². The summed E-state index contributed by atoms with van der Waals surface area (Å²) in [4.78, 5) is 23.6. The van der Waals surface area contributed by atoms with Gasteiger partial charge in [0, 0.05) is 5.02 Å². The van der Waals surface area contributed by atoms with Gasteiger partial charge in [-0.1, -0.05) is 39.3 Å². The van der Waals surface area contributed by atoms with E-state index in [0.717, 1.165) is 0 Å². The Kier molecular flexibility index (Phi) is 5.40. The van der Waals surface area contributed by atoms with Crippen molar-refractivity contribution in [1.29, 1.82) is 0 Å². The first-order valence-corrected chi connectivity index (χ1v) is 7.20. The number of carboxylic acids is 1. The Labute approximate surface area is 130 Å². The maximum Gasteiger partial charge on any atom is 0.339 e. The SMILES string of the molecule is CCC(OC(=O)c1cc(Cl)c(C)cc1C(=O)O)C(C)(C)C. The van der Waals surface area contributed by atoms with E-state index >= 15 is 0 Å². The van der Waals surface area contributed by atoms with Gasteiger partial charge in [0.2, 0.25) is 0 Å². The third-order valence-electron chi connectivity index (χ3n) is 3.34. The molecular formula is C16H21ClO4. The van der Waals surface area contributed by atoms with Crippen molar-refractivity contribution in [3.63, 3.8) is 0 Å². The molecule has 0 bridgehead atoms. The molecule has 116 valence electrons. The summed E-state index contributed by atoms with van der Waals surface area (Å²) >= 11 is 5.99. The Hall–Kier alpha value is -1.55. The third kappa shape index (κ3) is 4.21. The summed E-state index contributed by atoms with van der Waals surface area (Å²) in [5, 5.41) is 9.57. The number of hydrogen-bond donors (Lipinski definition) is 1. The van der Waals surface area contributed by atoms with Gasteiger partial charge in [0.15, 0.2) is 0 Å². The minimum Gasteiger partial charge on any atom is -0.478 e. The largest absolute Gasteiger partial charge is 0.478 e. The van der Waals surface area contributed by atoms with E-state index in [9.17, 15) is 14.7 Å². The van der Waals surface area contributed by atoms with Gasteiger partial charge < -0.3 is 9.84 Å². The fourth-order valence-electron chi connectivity index (χ4n) is 2.09. The van der Waals surface area contributed by atoms with Crippen molar-refractivity contribution in [1.82, 2.24) is 0 Å². The molecule has 0 radical (unpaired) electrons. The number of esters is 1. The van der Waals surface area contributed by atoms with E-state index in [-0.39, 0.29) is 22.6 Å². The highest BCUT2D eigenvalue weighted by atomic mass is 35.5. The second-order valence-corrected chi connectivity index (χ2v) is 6.53. The predicted octanol–water partition coefficient (Wildman–Crippen LogP) is 4.33. The number of ether oxygens (including phenoxy) is 1. The summed E-state index contributed by atoms with van der Waals surface area (Å²) in [5.41, 5.74) is 0.280. The molecule has 0 saturated carbocycles. The quantitative estimate of drug-likeness (QED) is 0.841. The molecule has 0 aliphatic carbocycles. The average Bonchev–Trinajstić information content (AvgIpc) is 2.36. The Morgan fingerprint density at radius 3 is 2.29 bits per heavy atom. The highest BCUT2D eigenvalue weighted by Gasteiger charge is 2.29. The molecule has 1 aromatic carbocycles. The molecule has 1 atom stereocenters. The van der Waals surface area contributed by atoms with Crippen molar-refractivity contribution >= 4 is 23.5 Å². The minimum atomic E-state index is -1.18. The van der Waals surface area contributed by atoms with E-state index in [2.05, 4.69) is 0 Å². The summed E-state index contributed by atoms with van der Waals surface area (Å²) in [6.45, 7) is 9.51. The van der Waals surface area contributed by atoms with Crippen molar-refractivity contribution in [2.45, 2.75) is 47.1 Å². The maximum atomic E-state index is 12.3. The van der Waals surface area contributed by atoms with Crippen LogP contribution in [0.3, 0.4) is 0 Å². The Balaban J connectivity index is 3.18. The molecule has 0 amide bonds. The first-order chi connectivity index (χ1) is 9.57. The van der Waals surface area contributed by atoms with Gasteiger partial charge >= 0.3 is 11.9 Å². The lowest BCUT2D eigenvalue weighted by atomic mass is 9.87. The van der Waals surface area contributed by atoms with E-state index in [4.69, 9.17) is 16.3 Å². The Bertz CT molecular complexity index is 558. The fourth-order valence-corrected chi connectivity index (χ4v) is 2.26. The number of aryl methyl sites for hydroxylation is 1. The number of hydrogen-bond acceptors (Lipinski definition) is 3. The van der Waals surface area contributed by atoms with E-state index in [1.54, 1.807) is 6.92 Å². The second-order valence-electron chi connectivity index (χ2n) is 6.12. The van der Waals surface area contributed by atoms with E-state index < -0.39 is 11.9 Å². The molecule has 0 aliphatic heterocycles. The van der Waals surface area contributed by atoms with Gasteiger partial charge in [-0.15, -0.1) is 0 Å². The lowest BCUT2D eigenvalue weighted by Crippen LogP contribution is -2.31. The number of rotatable bonds is 4. The van der Waals surface area contributed by atoms with Crippen LogP contribution in [0.2, 0.25) is 5.02 Å². The van der Waals surface area contributed by atoms with Crippen LogP contribution in [0.15, 0.2) is 12.1 Å². The number of carbonyl (C=O) groups is 2. The van der Waals surface area contributed by atoms with Crippen LogP contribution < -0.4 is 0 Å². The Morgan fingerprint density at radius 1 is 1.29 bits per heavy atom. The topological polar surface area (TPSA) is 63.6 Å². The first-order valence-electron chi connectivity index (χ1n) is 6.82. The monoisotopic (exact) mass is 312 g/mol. The number of halogens is 1. The van der Waals surface area contributed by atoms with Crippen LogP contribution in [0, 0.1) is 12.3 Å². The molecule has 1 unspecified atom stereocenters. The third-order valence-corrected chi connectivity index (χ3v) is 3.74. The van der Waals surface area contributed by atoms with Gasteiger partial charge in [-0.2, -0.15) is 0 Å². The van der Waals surface area contributed by atoms with Gasteiger partial charge in [0.25, 0.3) is 0 Å². The normalized spacial score (nSPS) is 12.9. The maximum absolute atomic E-state index is 12.3. The van der Waals surface area contributed by atoms with Crippen LogP contribution in [-0.2, 0) is 4.74 Å². The molecule has 4 nitrogen and oxygen atoms in total. The number of carboxylic acid groups (broad SMARTS) is 1. The van der Waals surface area contributed by atoms with Crippen LogP contribution in [0.5, 0.6) is 0 Å². The highest BCUT2D eigenvalue weighted by Crippen LogP contribution is 2.27. The lowest BCUT2D eigenvalue weighted by molar-refractivity contribution is -0.00428. The van der Waals surface area contributed by atoms with Gasteiger partial charge in [-0.05, 0) is 36.5 Å². The average molecular weight is 313 g/mol. The van der Waals surface area contributed by atoms with Crippen molar-refractivity contribution in [2.75, 3.05) is 0 Å². The number of benzene rings is 1. The van der Waals surface area contributed by atoms with Crippen molar-refractivity contribution in [3.8, 4) is 0 Å². The van der Waals surface area contributed by atoms with Gasteiger partial charge in [-0.3, -0.25) is 0 Å². The van der Waals surface area contributed by atoms with Crippen LogP contribution in [0.25, 0.3) is 0 Å². The molecule has 0 saturated heterocycles. The molecule has 0 aromatic heterocycles. The molecule has 0 aliphatic rings. The van der Waals surface area contributed by atoms with E-state index in [1.807, 2.05) is 27.7 Å². The summed E-state index contributed by atoms with van der Waals surface area (Å²) in [7, 11) is 0. The zero-order valence-electron chi connectivity index (χ0n) is 13.0. The summed E-state index contributed by atoms with van der Waals surface area (Å²) in [6.07, 6.45) is 0.351. The van der Waals surface area contributed by atoms with E-state index in [0.29, 0.717) is 17.0 Å². The molecule has 21 heavy (non-hydrogen) atoms. The zero-order chi connectivity index (χ0) is 16.4. The van der Waals surface area contributed by atoms with Crippen LogP contribution in [0.4, 0.5) is 0 Å².